The van der Waals surface area contributed by atoms with Gasteiger partial charge in [-0.3, -0.25) is 0 Å². The van der Waals surface area contributed by atoms with Gasteiger partial charge in [0, 0.05) is 12.6 Å². The molecule has 1 saturated heterocycles. The fourth-order valence-electron chi connectivity index (χ4n) is 1.78. The van der Waals surface area contributed by atoms with Gasteiger partial charge in [-0.15, -0.1) is 0 Å². The third-order valence-electron chi connectivity index (χ3n) is 2.69. The van der Waals surface area contributed by atoms with Crippen LogP contribution in [0.4, 0.5) is 0 Å². The molecule has 2 heterocycles. The van der Waals surface area contributed by atoms with E-state index in [4.69, 9.17) is 14.3 Å². The van der Waals surface area contributed by atoms with Crippen LogP contribution in [0.3, 0.4) is 0 Å². The monoisotopic (exact) mass is 225 g/mol. The number of hydrogen-bond acceptors (Lipinski definition) is 4. The summed E-state index contributed by atoms with van der Waals surface area (Å²) in [5.41, 5.74) is 0.236. The van der Waals surface area contributed by atoms with Gasteiger partial charge >= 0.3 is 5.97 Å². The zero-order valence-corrected chi connectivity index (χ0v) is 9.16. The molecule has 0 saturated carbocycles. The maximum Gasteiger partial charge on any atom is 0.339 e. The molecule has 16 heavy (non-hydrogen) atoms. The third kappa shape index (κ3) is 2.43. The first-order chi connectivity index (χ1) is 7.66. The first kappa shape index (κ1) is 11.2. The Hall–Kier alpha value is -1.33. The molecule has 0 radical (unpaired) electrons. The van der Waals surface area contributed by atoms with Gasteiger partial charge in [-0.1, -0.05) is 0 Å². The molecule has 1 fully saturated rings. The normalized spacial score (nSPS) is 20.2. The fourth-order valence-corrected chi connectivity index (χ4v) is 1.78. The Bertz CT molecular complexity index is 379. The maximum atomic E-state index is 10.8. The van der Waals surface area contributed by atoms with Crippen LogP contribution in [-0.4, -0.2) is 30.3 Å². The highest BCUT2D eigenvalue weighted by molar-refractivity contribution is 5.88. The van der Waals surface area contributed by atoms with Gasteiger partial charge in [0.25, 0.3) is 0 Å². The number of hydrogen-bond donors (Lipinski definition) is 2. The fraction of sp³-hybridized carbons (Fsp3) is 0.545. The number of carboxylic acids is 1. The van der Waals surface area contributed by atoms with Crippen molar-refractivity contribution in [1.82, 2.24) is 5.32 Å². The zero-order valence-electron chi connectivity index (χ0n) is 9.16. The van der Waals surface area contributed by atoms with Crippen LogP contribution >= 0.6 is 0 Å². The number of furan rings is 1. The molecule has 2 rings (SSSR count). The van der Waals surface area contributed by atoms with Crippen molar-refractivity contribution in [2.45, 2.75) is 25.9 Å². The maximum absolute atomic E-state index is 10.8. The van der Waals surface area contributed by atoms with Gasteiger partial charge in [0.15, 0.2) is 0 Å². The number of carbonyl (C=O) groups is 1. The van der Waals surface area contributed by atoms with Gasteiger partial charge in [0.1, 0.15) is 17.1 Å². The van der Waals surface area contributed by atoms with Gasteiger partial charge in [0.2, 0.25) is 0 Å². The van der Waals surface area contributed by atoms with E-state index in [0.29, 0.717) is 30.7 Å². The minimum absolute atomic E-state index is 0.236. The second-order valence-corrected chi connectivity index (χ2v) is 3.93. The molecule has 1 aliphatic rings. The molecule has 1 atom stereocenters. The van der Waals surface area contributed by atoms with Crippen molar-refractivity contribution in [2.24, 2.45) is 0 Å². The van der Waals surface area contributed by atoms with E-state index >= 15 is 0 Å². The number of ether oxygens (including phenoxy) is 1. The molecule has 0 aromatic carbocycles. The molecular formula is C11H15NO4. The lowest BCUT2D eigenvalue weighted by atomic mass is 10.2. The minimum Gasteiger partial charge on any atom is -0.478 e. The molecule has 0 amide bonds. The Morgan fingerprint density at radius 1 is 1.69 bits per heavy atom. The van der Waals surface area contributed by atoms with Crippen LogP contribution in [0, 0.1) is 6.92 Å². The summed E-state index contributed by atoms with van der Waals surface area (Å²) in [5, 5.41) is 12.1. The van der Waals surface area contributed by atoms with Crippen molar-refractivity contribution in [3.63, 3.8) is 0 Å². The Morgan fingerprint density at radius 2 is 2.50 bits per heavy atom. The molecule has 1 aliphatic heterocycles. The van der Waals surface area contributed by atoms with E-state index in [1.54, 1.807) is 13.0 Å². The van der Waals surface area contributed by atoms with Crippen molar-refractivity contribution >= 4 is 5.97 Å². The SMILES string of the molecule is Cc1oc(CNC2CCOC2)cc1C(=O)O. The summed E-state index contributed by atoms with van der Waals surface area (Å²) >= 11 is 0. The second kappa shape index (κ2) is 4.67. The third-order valence-corrected chi connectivity index (χ3v) is 2.69. The van der Waals surface area contributed by atoms with Gasteiger partial charge in [-0.2, -0.15) is 0 Å². The first-order valence-corrected chi connectivity index (χ1v) is 5.30. The zero-order chi connectivity index (χ0) is 11.5. The largest absolute Gasteiger partial charge is 0.478 e. The van der Waals surface area contributed by atoms with Gasteiger partial charge in [-0.25, -0.2) is 4.79 Å². The Labute approximate surface area is 93.4 Å². The topological polar surface area (TPSA) is 71.7 Å². The molecule has 1 aromatic heterocycles. The molecule has 1 aromatic rings. The van der Waals surface area contributed by atoms with Crippen LogP contribution in [0.25, 0.3) is 0 Å². The van der Waals surface area contributed by atoms with Crippen molar-refractivity contribution < 1.29 is 19.1 Å². The smallest absolute Gasteiger partial charge is 0.339 e. The molecule has 0 bridgehead atoms. The van der Waals surface area contributed by atoms with E-state index in [0.717, 1.165) is 13.0 Å². The number of aromatic carboxylic acids is 1. The Balaban J connectivity index is 1.94. The van der Waals surface area contributed by atoms with E-state index in [-0.39, 0.29) is 5.56 Å². The van der Waals surface area contributed by atoms with E-state index in [1.807, 2.05) is 0 Å². The number of aryl methyl sites for hydroxylation is 1. The summed E-state index contributed by atoms with van der Waals surface area (Å²) in [4.78, 5) is 10.8. The van der Waals surface area contributed by atoms with Gasteiger partial charge in [0.05, 0.1) is 13.2 Å². The van der Waals surface area contributed by atoms with Crippen LogP contribution in [0.5, 0.6) is 0 Å². The summed E-state index contributed by atoms with van der Waals surface area (Å²) in [7, 11) is 0. The molecule has 1 unspecified atom stereocenters. The predicted octanol–water partition coefficient (Wildman–Crippen LogP) is 1.16. The highest BCUT2D eigenvalue weighted by Crippen LogP contribution is 2.15. The Morgan fingerprint density at radius 3 is 3.06 bits per heavy atom. The summed E-state index contributed by atoms with van der Waals surface area (Å²) in [6, 6.07) is 1.92. The van der Waals surface area contributed by atoms with E-state index < -0.39 is 5.97 Å². The van der Waals surface area contributed by atoms with Crippen LogP contribution in [-0.2, 0) is 11.3 Å². The molecule has 5 nitrogen and oxygen atoms in total. The lowest BCUT2D eigenvalue weighted by Gasteiger charge is -2.07. The van der Waals surface area contributed by atoms with E-state index in [1.165, 1.54) is 0 Å². The number of carboxylic acid groups (broad SMARTS) is 1. The average Bonchev–Trinajstić information content (AvgIpc) is 2.83. The summed E-state index contributed by atoms with van der Waals surface area (Å²) in [5.74, 6) is 0.158. The van der Waals surface area contributed by atoms with Crippen LogP contribution in [0.15, 0.2) is 10.5 Å². The van der Waals surface area contributed by atoms with E-state index in [2.05, 4.69) is 5.32 Å². The standard InChI is InChI=1S/C11H15NO4/c1-7-10(11(13)14)4-9(16-7)5-12-8-2-3-15-6-8/h4,8,12H,2-3,5-6H2,1H3,(H,13,14). The molecule has 0 spiro atoms. The minimum atomic E-state index is -0.948. The van der Waals surface area contributed by atoms with Crippen molar-refractivity contribution in [1.29, 1.82) is 0 Å². The van der Waals surface area contributed by atoms with Crippen LogP contribution < -0.4 is 5.32 Å². The predicted molar refractivity (Wildman–Crippen MR) is 56.5 cm³/mol. The molecule has 88 valence electrons. The average molecular weight is 225 g/mol. The number of rotatable bonds is 4. The highest BCUT2D eigenvalue weighted by atomic mass is 16.5. The molecule has 0 aliphatic carbocycles. The quantitative estimate of drug-likeness (QED) is 0.804. The summed E-state index contributed by atoms with van der Waals surface area (Å²) < 4.78 is 10.6. The highest BCUT2D eigenvalue weighted by Gasteiger charge is 2.17. The van der Waals surface area contributed by atoms with Crippen LogP contribution in [0.2, 0.25) is 0 Å². The summed E-state index contributed by atoms with van der Waals surface area (Å²) in [6.07, 6.45) is 0.992. The van der Waals surface area contributed by atoms with Crippen LogP contribution in [0.1, 0.15) is 28.3 Å². The van der Waals surface area contributed by atoms with Crippen molar-refractivity contribution in [3.8, 4) is 0 Å². The summed E-state index contributed by atoms with van der Waals surface area (Å²) in [6.45, 7) is 3.70. The Kier molecular flexibility index (Phi) is 3.26. The van der Waals surface area contributed by atoms with Gasteiger partial charge in [-0.05, 0) is 19.4 Å². The van der Waals surface area contributed by atoms with Gasteiger partial charge < -0.3 is 19.6 Å². The van der Waals surface area contributed by atoms with Crippen molar-refractivity contribution in [2.75, 3.05) is 13.2 Å². The first-order valence-electron chi connectivity index (χ1n) is 5.30. The van der Waals surface area contributed by atoms with E-state index in [9.17, 15) is 4.79 Å². The molecular weight excluding hydrogens is 210 g/mol. The molecule has 2 N–H and O–H groups in total. The lowest BCUT2D eigenvalue weighted by Crippen LogP contribution is -2.28. The lowest BCUT2D eigenvalue weighted by molar-refractivity contribution is 0.0695. The second-order valence-electron chi connectivity index (χ2n) is 3.93. The molecule has 5 heteroatoms. The number of nitrogens with one attached hydrogen (secondary N) is 1. The van der Waals surface area contributed by atoms with Crippen molar-refractivity contribution in [3.05, 3.63) is 23.2 Å².